The molecular weight excluding hydrogens is 487 g/mol. The largest absolute Gasteiger partial charge is 0.467 e. The Morgan fingerprint density at radius 2 is 1.66 bits per heavy atom. The Morgan fingerprint density at radius 3 is 2.29 bits per heavy atom. The number of hydrogen-bond acceptors (Lipinski definition) is 5. The second-order valence-corrected chi connectivity index (χ2v) is 9.77. The summed E-state index contributed by atoms with van der Waals surface area (Å²) in [7, 11) is 0. The van der Waals surface area contributed by atoms with Crippen LogP contribution in [0.5, 0.6) is 0 Å². The highest BCUT2D eigenvalue weighted by Crippen LogP contribution is 2.42. The van der Waals surface area contributed by atoms with E-state index < -0.39 is 24.0 Å². The molecule has 0 radical (unpaired) electrons. The van der Waals surface area contributed by atoms with Gasteiger partial charge in [0.1, 0.15) is 11.8 Å². The Morgan fingerprint density at radius 1 is 1.00 bits per heavy atom. The molecule has 1 aliphatic carbocycles. The predicted octanol–water partition coefficient (Wildman–Crippen LogP) is 6.32. The molecule has 0 saturated heterocycles. The Balaban J connectivity index is 1.34. The normalized spacial score (nSPS) is 19.0. The molecule has 1 aromatic heterocycles. The van der Waals surface area contributed by atoms with Crippen molar-refractivity contribution in [3.63, 3.8) is 0 Å². The van der Waals surface area contributed by atoms with E-state index in [0.717, 1.165) is 29.7 Å². The molecule has 35 heavy (non-hydrogen) atoms. The zero-order chi connectivity index (χ0) is 24.4. The number of halogens is 2. The molecule has 6 nitrogen and oxygen atoms in total. The molecule has 1 aliphatic heterocycles. The van der Waals surface area contributed by atoms with Crippen molar-refractivity contribution < 1.29 is 18.7 Å². The van der Waals surface area contributed by atoms with Crippen LogP contribution in [0.25, 0.3) is 0 Å². The van der Waals surface area contributed by atoms with Crippen LogP contribution in [0.3, 0.4) is 0 Å². The van der Waals surface area contributed by atoms with Gasteiger partial charge in [-0.1, -0.05) is 60.3 Å². The fourth-order valence-corrected chi connectivity index (χ4v) is 5.20. The SMILES string of the molecule is O=C(COC(=O)C1(c2ccc(Cl)cc2)CCCC1)N1N=C(c2ccc(Cl)cc2)CC1c1ccco1. The van der Waals surface area contributed by atoms with Gasteiger partial charge >= 0.3 is 5.97 Å². The second-order valence-electron chi connectivity index (χ2n) is 8.90. The Labute approximate surface area is 213 Å². The molecule has 1 fully saturated rings. The van der Waals surface area contributed by atoms with Crippen molar-refractivity contribution in [3.05, 3.63) is 93.9 Å². The maximum Gasteiger partial charge on any atom is 0.317 e. The van der Waals surface area contributed by atoms with Crippen LogP contribution in [0, 0.1) is 0 Å². The van der Waals surface area contributed by atoms with Crippen LogP contribution in [0.1, 0.15) is 55.0 Å². The van der Waals surface area contributed by atoms with E-state index in [-0.39, 0.29) is 5.97 Å². The van der Waals surface area contributed by atoms with Gasteiger partial charge in [0, 0.05) is 16.5 Å². The molecule has 1 unspecified atom stereocenters. The van der Waals surface area contributed by atoms with Crippen LogP contribution >= 0.6 is 23.2 Å². The molecule has 2 aliphatic rings. The zero-order valence-electron chi connectivity index (χ0n) is 19.0. The van der Waals surface area contributed by atoms with Gasteiger partial charge in [-0.3, -0.25) is 9.59 Å². The summed E-state index contributed by atoms with van der Waals surface area (Å²) in [6.45, 7) is -0.400. The molecule has 5 rings (SSSR count). The molecule has 8 heteroatoms. The highest BCUT2D eigenvalue weighted by Gasteiger charge is 2.45. The third-order valence-electron chi connectivity index (χ3n) is 6.79. The first-order valence-electron chi connectivity index (χ1n) is 11.6. The zero-order valence-corrected chi connectivity index (χ0v) is 20.5. The second kappa shape index (κ2) is 9.88. The molecule has 180 valence electrons. The number of amides is 1. The Bertz CT molecular complexity index is 1230. The van der Waals surface area contributed by atoms with E-state index in [1.165, 1.54) is 5.01 Å². The van der Waals surface area contributed by atoms with Crippen LogP contribution in [0.2, 0.25) is 10.0 Å². The Hall–Kier alpha value is -3.09. The number of ether oxygens (including phenoxy) is 1. The van der Waals surface area contributed by atoms with E-state index in [1.807, 2.05) is 30.3 Å². The summed E-state index contributed by atoms with van der Waals surface area (Å²) in [6.07, 6.45) is 5.25. The predicted molar refractivity (Wildman–Crippen MR) is 133 cm³/mol. The van der Waals surface area contributed by atoms with Crippen LogP contribution in [0.4, 0.5) is 0 Å². The first-order chi connectivity index (χ1) is 17.0. The van der Waals surface area contributed by atoms with E-state index >= 15 is 0 Å². The van der Waals surface area contributed by atoms with Gasteiger partial charge in [0.2, 0.25) is 0 Å². The van der Waals surface area contributed by atoms with Crippen molar-refractivity contribution >= 4 is 40.8 Å². The third kappa shape index (κ3) is 4.73. The van der Waals surface area contributed by atoms with Crippen molar-refractivity contribution in [2.24, 2.45) is 5.10 Å². The summed E-state index contributed by atoms with van der Waals surface area (Å²) in [5.41, 5.74) is 1.71. The van der Waals surface area contributed by atoms with Crippen molar-refractivity contribution in [2.45, 2.75) is 43.6 Å². The minimum atomic E-state index is -0.756. The Kier molecular flexibility index (Phi) is 6.67. The number of carbonyl (C=O) groups is 2. The molecule has 0 spiro atoms. The average Bonchev–Trinajstić information content (AvgIpc) is 3.64. The first-order valence-corrected chi connectivity index (χ1v) is 12.3. The lowest BCUT2D eigenvalue weighted by Crippen LogP contribution is -2.38. The van der Waals surface area contributed by atoms with Crippen LogP contribution in [0.15, 0.2) is 76.4 Å². The minimum Gasteiger partial charge on any atom is -0.467 e. The monoisotopic (exact) mass is 510 g/mol. The summed E-state index contributed by atoms with van der Waals surface area (Å²) in [5.74, 6) is -0.180. The number of furan rings is 1. The fraction of sp³-hybridized carbons (Fsp3) is 0.296. The van der Waals surface area contributed by atoms with Crippen molar-refractivity contribution in [2.75, 3.05) is 6.61 Å². The van der Waals surface area contributed by atoms with Gasteiger partial charge in [-0.15, -0.1) is 0 Å². The first kappa shape index (κ1) is 23.6. The van der Waals surface area contributed by atoms with Gasteiger partial charge < -0.3 is 9.15 Å². The maximum atomic E-state index is 13.3. The fourth-order valence-electron chi connectivity index (χ4n) is 4.95. The molecule has 0 N–H and O–H groups in total. The standard InChI is InChI=1S/C27H24Cl2N2O4/c28-20-9-5-18(6-10-20)22-16-23(24-4-3-15-34-24)31(30-22)25(32)17-35-26(33)27(13-1-2-14-27)19-7-11-21(29)12-8-19/h3-12,15,23H,1-2,13-14,16-17H2. The summed E-state index contributed by atoms with van der Waals surface area (Å²) in [4.78, 5) is 26.6. The van der Waals surface area contributed by atoms with E-state index in [1.54, 1.807) is 36.6 Å². The van der Waals surface area contributed by atoms with E-state index in [2.05, 4.69) is 5.10 Å². The third-order valence-corrected chi connectivity index (χ3v) is 7.29. The summed E-state index contributed by atoms with van der Waals surface area (Å²) in [5, 5.41) is 7.17. The summed E-state index contributed by atoms with van der Waals surface area (Å²) < 4.78 is 11.2. The minimum absolute atomic E-state index is 0.388. The number of benzene rings is 2. The molecular formula is C27H24Cl2N2O4. The maximum absolute atomic E-state index is 13.3. The van der Waals surface area contributed by atoms with Gasteiger partial charge in [-0.05, 0) is 60.4 Å². The smallest absolute Gasteiger partial charge is 0.317 e. The van der Waals surface area contributed by atoms with Gasteiger partial charge in [-0.25, -0.2) is 5.01 Å². The quantitative estimate of drug-likeness (QED) is 0.363. The molecule has 2 heterocycles. The molecule has 2 aromatic carbocycles. The number of esters is 1. The van der Waals surface area contributed by atoms with Crippen LogP contribution in [-0.4, -0.2) is 29.2 Å². The highest BCUT2D eigenvalue weighted by molar-refractivity contribution is 6.31. The van der Waals surface area contributed by atoms with Crippen molar-refractivity contribution in [1.82, 2.24) is 5.01 Å². The van der Waals surface area contributed by atoms with Crippen molar-refractivity contribution in [1.29, 1.82) is 0 Å². The average molecular weight is 511 g/mol. The van der Waals surface area contributed by atoms with Crippen molar-refractivity contribution in [3.8, 4) is 0 Å². The lowest BCUT2D eigenvalue weighted by atomic mass is 9.79. The van der Waals surface area contributed by atoms with Gasteiger partial charge in [-0.2, -0.15) is 5.10 Å². The van der Waals surface area contributed by atoms with Crippen LogP contribution in [-0.2, 0) is 19.7 Å². The van der Waals surface area contributed by atoms with Gasteiger partial charge in [0.25, 0.3) is 5.91 Å². The number of hydrazone groups is 1. The lowest BCUT2D eigenvalue weighted by Gasteiger charge is -2.28. The summed E-state index contributed by atoms with van der Waals surface area (Å²) in [6, 6.07) is 17.8. The number of rotatable bonds is 6. The topological polar surface area (TPSA) is 72.1 Å². The molecule has 1 atom stereocenters. The van der Waals surface area contributed by atoms with Gasteiger partial charge in [0.15, 0.2) is 6.61 Å². The number of carbonyl (C=O) groups excluding carboxylic acids is 2. The molecule has 1 saturated carbocycles. The van der Waals surface area contributed by atoms with Gasteiger partial charge in [0.05, 0.1) is 17.4 Å². The lowest BCUT2D eigenvalue weighted by molar-refractivity contribution is -0.157. The summed E-state index contributed by atoms with van der Waals surface area (Å²) >= 11 is 12.1. The molecule has 0 bridgehead atoms. The van der Waals surface area contributed by atoms with E-state index in [9.17, 15) is 9.59 Å². The number of nitrogens with zero attached hydrogens (tertiary/aromatic N) is 2. The van der Waals surface area contributed by atoms with E-state index in [4.69, 9.17) is 32.4 Å². The highest BCUT2D eigenvalue weighted by atomic mass is 35.5. The van der Waals surface area contributed by atoms with E-state index in [0.29, 0.717) is 35.1 Å². The molecule has 3 aromatic rings. The van der Waals surface area contributed by atoms with Crippen LogP contribution < -0.4 is 0 Å². The number of hydrogen-bond donors (Lipinski definition) is 0. The molecule has 1 amide bonds.